The quantitative estimate of drug-likeness (QED) is 0.564. The zero-order valence-corrected chi connectivity index (χ0v) is 14.7. The highest BCUT2D eigenvalue weighted by Crippen LogP contribution is 2.40. The Hall–Kier alpha value is -3.37. The summed E-state index contributed by atoms with van der Waals surface area (Å²) in [6, 6.07) is 6.02. The van der Waals surface area contributed by atoms with Crippen LogP contribution in [0.15, 0.2) is 48.8 Å². The number of nitrogens with zero attached hydrogens (tertiary/aromatic N) is 3. The van der Waals surface area contributed by atoms with Gasteiger partial charge in [0.1, 0.15) is 5.82 Å². The van der Waals surface area contributed by atoms with Crippen LogP contribution in [0.2, 0.25) is 0 Å². The predicted molar refractivity (Wildman–Crippen MR) is 94.5 cm³/mol. The molecule has 2 N–H and O–H groups in total. The van der Waals surface area contributed by atoms with Crippen molar-refractivity contribution in [3.05, 3.63) is 59.9 Å². The van der Waals surface area contributed by atoms with Gasteiger partial charge in [-0.25, -0.2) is 4.98 Å². The molecule has 3 rings (SSSR count). The molecule has 11 heteroatoms. The predicted octanol–water partition coefficient (Wildman–Crippen LogP) is 5.36. The monoisotopic (exact) mass is 413 g/mol. The average Bonchev–Trinajstić information content (AvgIpc) is 2.67. The second kappa shape index (κ2) is 7.57. The summed E-state index contributed by atoms with van der Waals surface area (Å²) in [5.74, 6) is 0.0868. The number of alkyl halides is 6. The van der Waals surface area contributed by atoms with Gasteiger partial charge in [0.25, 0.3) is 0 Å². The average molecular weight is 413 g/mol. The van der Waals surface area contributed by atoms with Crippen LogP contribution in [0, 0.1) is 0 Å². The Kier molecular flexibility index (Phi) is 5.31. The maximum absolute atomic E-state index is 13.3. The molecular weight excluding hydrogens is 400 g/mol. The summed E-state index contributed by atoms with van der Waals surface area (Å²) in [4.78, 5) is 12.1. The molecule has 0 spiro atoms. The second-order valence-corrected chi connectivity index (χ2v) is 5.83. The van der Waals surface area contributed by atoms with Gasteiger partial charge in [-0.1, -0.05) is 0 Å². The third-order valence-corrected chi connectivity index (χ3v) is 3.84. The van der Waals surface area contributed by atoms with Crippen molar-refractivity contribution < 1.29 is 26.3 Å². The van der Waals surface area contributed by atoms with Gasteiger partial charge in [0.2, 0.25) is 5.95 Å². The van der Waals surface area contributed by atoms with Crippen LogP contribution in [0.25, 0.3) is 11.3 Å². The molecule has 0 aliphatic heterocycles. The van der Waals surface area contributed by atoms with E-state index >= 15 is 0 Å². The van der Waals surface area contributed by atoms with Crippen molar-refractivity contribution in [2.45, 2.75) is 12.4 Å². The molecule has 0 bridgehead atoms. The molecule has 0 aliphatic rings. The lowest BCUT2D eigenvalue weighted by molar-refractivity contribution is -0.142. The molecule has 0 saturated heterocycles. The molecule has 0 fully saturated rings. The van der Waals surface area contributed by atoms with Crippen LogP contribution in [0.4, 0.5) is 43.8 Å². The third kappa shape index (κ3) is 4.73. The summed E-state index contributed by atoms with van der Waals surface area (Å²) in [5.41, 5.74) is -2.40. The fourth-order valence-corrected chi connectivity index (χ4v) is 2.50. The van der Waals surface area contributed by atoms with Gasteiger partial charge in [-0.3, -0.25) is 4.98 Å². The first-order valence-electron chi connectivity index (χ1n) is 8.10. The van der Waals surface area contributed by atoms with Crippen LogP contribution in [0.3, 0.4) is 0 Å². The molecule has 152 valence electrons. The Morgan fingerprint density at radius 3 is 2.10 bits per heavy atom. The Morgan fingerprint density at radius 1 is 0.828 bits per heavy atom. The lowest BCUT2D eigenvalue weighted by Crippen LogP contribution is -2.13. The van der Waals surface area contributed by atoms with Crippen molar-refractivity contribution in [1.82, 2.24) is 15.0 Å². The zero-order chi connectivity index (χ0) is 21.2. The first-order valence-corrected chi connectivity index (χ1v) is 8.10. The molecule has 0 radical (unpaired) electrons. The minimum atomic E-state index is -5.00. The van der Waals surface area contributed by atoms with E-state index in [4.69, 9.17) is 0 Å². The van der Waals surface area contributed by atoms with Gasteiger partial charge in [0.05, 0.1) is 22.5 Å². The van der Waals surface area contributed by atoms with E-state index in [0.717, 1.165) is 6.07 Å². The summed E-state index contributed by atoms with van der Waals surface area (Å²) in [7, 11) is 1.52. The molecule has 1 aromatic carbocycles. The number of benzene rings is 1. The lowest BCUT2D eigenvalue weighted by Gasteiger charge is -2.17. The third-order valence-electron chi connectivity index (χ3n) is 3.84. The molecule has 0 saturated carbocycles. The molecule has 0 atom stereocenters. The minimum absolute atomic E-state index is 0.0265. The number of pyridine rings is 1. The number of rotatable bonds is 4. The molecule has 0 unspecified atom stereocenters. The van der Waals surface area contributed by atoms with Gasteiger partial charge < -0.3 is 10.6 Å². The maximum Gasteiger partial charge on any atom is 0.418 e. The highest BCUT2D eigenvalue weighted by Gasteiger charge is 2.38. The lowest BCUT2D eigenvalue weighted by atomic mass is 10.1. The Morgan fingerprint density at radius 2 is 1.52 bits per heavy atom. The van der Waals surface area contributed by atoms with E-state index in [1.165, 1.54) is 25.5 Å². The summed E-state index contributed by atoms with van der Waals surface area (Å²) < 4.78 is 78.5. The Balaban J connectivity index is 2.06. The minimum Gasteiger partial charge on any atom is -0.357 e. The van der Waals surface area contributed by atoms with Crippen LogP contribution >= 0.6 is 0 Å². The highest BCUT2D eigenvalue weighted by molar-refractivity contribution is 5.69. The number of hydrogen-bond acceptors (Lipinski definition) is 5. The van der Waals surface area contributed by atoms with E-state index in [2.05, 4.69) is 25.6 Å². The smallest absolute Gasteiger partial charge is 0.357 e. The number of aromatic nitrogens is 3. The molecule has 0 aliphatic carbocycles. The van der Waals surface area contributed by atoms with Crippen LogP contribution in [0.5, 0.6) is 0 Å². The topological polar surface area (TPSA) is 62.7 Å². The molecule has 2 heterocycles. The fourth-order valence-electron chi connectivity index (χ4n) is 2.50. The summed E-state index contributed by atoms with van der Waals surface area (Å²) in [6.07, 6.45) is -6.87. The largest absolute Gasteiger partial charge is 0.418 e. The fraction of sp³-hybridized carbons (Fsp3) is 0.167. The van der Waals surface area contributed by atoms with Gasteiger partial charge in [0.15, 0.2) is 0 Å². The van der Waals surface area contributed by atoms with E-state index in [1.807, 2.05) is 0 Å². The van der Waals surface area contributed by atoms with Crippen LogP contribution in [-0.4, -0.2) is 22.0 Å². The van der Waals surface area contributed by atoms with Gasteiger partial charge in [-0.05, 0) is 30.3 Å². The normalized spacial score (nSPS) is 12.0. The molecule has 3 aromatic rings. The number of hydrogen-bond donors (Lipinski definition) is 2. The molecule has 2 aromatic heterocycles. The van der Waals surface area contributed by atoms with Crippen LogP contribution < -0.4 is 10.6 Å². The maximum atomic E-state index is 13.3. The van der Waals surface area contributed by atoms with Gasteiger partial charge in [0, 0.05) is 31.1 Å². The summed E-state index contributed by atoms with van der Waals surface area (Å²) >= 11 is 0. The van der Waals surface area contributed by atoms with E-state index in [1.54, 1.807) is 12.1 Å². The number of halogens is 6. The Bertz CT molecular complexity index is 1000. The van der Waals surface area contributed by atoms with E-state index in [-0.39, 0.29) is 17.8 Å². The SMILES string of the molecule is CNc1nc(Nc2ccc(C(F)(F)F)cc2C(F)(F)F)cc(-c2ccncc2)n1. The van der Waals surface area contributed by atoms with E-state index in [9.17, 15) is 26.3 Å². The van der Waals surface area contributed by atoms with Gasteiger partial charge >= 0.3 is 12.4 Å². The van der Waals surface area contributed by atoms with E-state index in [0.29, 0.717) is 17.3 Å². The van der Waals surface area contributed by atoms with Crippen molar-refractivity contribution in [2.75, 3.05) is 17.7 Å². The first-order chi connectivity index (χ1) is 13.6. The zero-order valence-electron chi connectivity index (χ0n) is 14.7. The van der Waals surface area contributed by atoms with E-state index < -0.39 is 29.2 Å². The standard InChI is InChI=1S/C18H13F6N5/c1-25-16-28-14(10-4-6-26-7-5-10)9-15(29-16)27-13-3-2-11(17(19,20)21)8-12(13)18(22,23)24/h2-9H,1H3,(H2,25,27,28,29). The number of anilines is 3. The number of nitrogens with one attached hydrogen (secondary N) is 2. The van der Waals surface area contributed by atoms with Crippen molar-refractivity contribution in [3.8, 4) is 11.3 Å². The van der Waals surface area contributed by atoms with Gasteiger partial charge in [-0.2, -0.15) is 31.3 Å². The van der Waals surface area contributed by atoms with Gasteiger partial charge in [-0.15, -0.1) is 0 Å². The molecular formula is C18H13F6N5. The summed E-state index contributed by atoms with van der Waals surface area (Å²) in [5, 5.41) is 5.14. The second-order valence-electron chi connectivity index (χ2n) is 5.83. The van der Waals surface area contributed by atoms with Crippen molar-refractivity contribution in [1.29, 1.82) is 0 Å². The Labute approximate surface area is 160 Å². The molecule has 0 amide bonds. The van der Waals surface area contributed by atoms with Crippen molar-refractivity contribution in [2.24, 2.45) is 0 Å². The highest BCUT2D eigenvalue weighted by atomic mass is 19.4. The molecule has 5 nitrogen and oxygen atoms in total. The summed E-state index contributed by atoms with van der Waals surface area (Å²) in [6.45, 7) is 0. The van der Waals surface area contributed by atoms with Crippen LogP contribution in [0.1, 0.15) is 11.1 Å². The van der Waals surface area contributed by atoms with Crippen molar-refractivity contribution in [3.63, 3.8) is 0 Å². The van der Waals surface area contributed by atoms with Crippen LogP contribution in [-0.2, 0) is 12.4 Å². The molecule has 29 heavy (non-hydrogen) atoms. The van der Waals surface area contributed by atoms with Crippen molar-refractivity contribution >= 4 is 17.5 Å². The first kappa shape index (κ1) is 20.4.